The maximum absolute atomic E-state index is 9.36. The van der Waals surface area contributed by atoms with Crippen molar-refractivity contribution < 1.29 is 5.11 Å². The summed E-state index contributed by atoms with van der Waals surface area (Å²) in [5.74, 6) is 1.21. The lowest BCUT2D eigenvalue weighted by molar-refractivity contribution is 0.196. The van der Waals surface area contributed by atoms with Crippen molar-refractivity contribution in [2.45, 2.75) is 96.3 Å². The second kappa shape index (κ2) is 13.7. The minimum atomic E-state index is -0.168. The highest BCUT2D eigenvalue weighted by Gasteiger charge is 2.07. The quantitative estimate of drug-likeness (QED) is 0.453. The molecule has 0 aromatic rings. The van der Waals surface area contributed by atoms with Gasteiger partial charge >= 0.3 is 0 Å². The van der Waals surface area contributed by atoms with E-state index < -0.39 is 0 Å². The van der Waals surface area contributed by atoms with Crippen LogP contribution in [0.2, 0.25) is 0 Å². The van der Waals surface area contributed by atoms with E-state index in [0.29, 0.717) is 5.25 Å². The van der Waals surface area contributed by atoms with Crippen molar-refractivity contribution in [3.05, 3.63) is 0 Å². The summed E-state index contributed by atoms with van der Waals surface area (Å²) in [6.07, 6.45) is 13.8. The van der Waals surface area contributed by atoms with Gasteiger partial charge in [-0.05, 0) is 19.1 Å². The van der Waals surface area contributed by atoms with Crippen molar-refractivity contribution in [2.75, 3.05) is 5.75 Å². The summed E-state index contributed by atoms with van der Waals surface area (Å²) >= 11 is 1.91. The van der Waals surface area contributed by atoms with Crippen molar-refractivity contribution in [1.29, 1.82) is 0 Å². The molecule has 2 atom stereocenters. The summed E-state index contributed by atoms with van der Waals surface area (Å²) in [7, 11) is 0. The summed E-state index contributed by atoms with van der Waals surface area (Å²) in [5.41, 5.74) is 0. The second-order valence-electron chi connectivity index (χ2n) is 5.50. The molecule has 0 amide bonds. The second-order valence-corrected chi connectivity index (χ2v) is 6.98. The van der Waals surface area contributed by atoms with Gasteiger partial charge in [0.1, 0.15) is 0 Å². The predicted molar refractivity (Wildman–Crippen MR) is 85.4 cm³/mol. The molecule has 2 unspecified atom stereocenters. The largest absolute Gasteiger partial charge is 0.392 e. The third-order valence-corrected chi connectivity index (χ3v) is 5.00. The van der Waals surface area contributed by atoms with Crippen molar-refractivity contribution in [3.63, 3.8) is 0 Å². The Kier molecular flexibility index (Phi) is 14.0. The fourth-order valence-electron chi connectivity index (χ4n) is 2.00. The van der Waals surface area contributed by atoms with Gasteiger partial charge in [-0.2, -0.15) is 11.8 Å². The number of hydrogen-bond acceptors (Lipinski definition) is 2. The molecule has 1 N–H and O–H groups in total. The van der Waals surface area contributed by atoms with Crippen LogP contribution < -0.4 is 0 Å². The highest BCUT2D eigenvalue weighted by Crippen LogP contribution is 2.17. The monoisotopic (exact) mass is 274 g/mol. The lowest BCUT2D eigenvalue weighted by atomic mass is 10.1. The maximum atomic E-state index is 9.36. The van der Waals surface area contributed by atoms with E-state index in [1.807, 2.05) is 18.7 Å². The van der Waals surface area contributed by atoms with E-state index in [2.05, 4.69) is 13.8 Å². The van der Waals surface area contributed by atoms with E-state index in [4.69, 9.17) is 0 Å². The maximum Gasteiger partial charge on any atom is 0.0627 e. The first-order valence-electron chi connectivity index (χ1n) is 7.98. The molecule has 2 heteroatoms. The zero-order chi connectivity index (χ0) is 13.6. The van der Waals surface area contributed by atoms with Crippen LogP contribution in [-0.4, -0.2) is 22.2 Å². The third-order valence-electron chi connectivity index (χ3n) is 3.56. The van der Waals surface area contributed by atoms with Crippen molar-refractivity contribution in [1.82, 2.24) is 0 Å². The molecule has 0 radical (unpaired) electrons. The van der Waals surface area contributed by atoms with E-state index in [9.17, 15) is 5.11 Å². The van der Waals surface area contributed by atoms with E-state index in [0.717, 1.165) is 0 Å². The first kappa shape index (κ1) is 18.3. The van der Waals surface area contributed by atoms with Crippen LogP contribution in [0.1, 0.15) is 85.0 Å². The highest BCUT2D eigenvalue weighted by molar-refractivity contribution is 7.99. The van der Waals surface area contributed by atoms with Gasteiger partial charge < -0.3 is 5.11 Å². The van der Waals surface area contributed by atoms with Crippen LogP contribution in [0.4, 0.5) is 0 Å². The van der Waals surface area contributed by atoms with Gasteiger partial charge in [0.25, 0.3) is 0 Å². The van der Waals surface area contributed by atoms with Crippen molar-refractivity contribution >= 4 is 11.8 Å². The van der Waals surface area contributed by atoms with Gasteiger partial charge in [0.2, 0.25) is 0 Å². The summed E-state index contributed by atoms with van der Waals surface area (Å²) in [6, 6.07) is 0. The number of rotatable bonds is 13. The summed E-state index contributed by atoms with van der Waals surface area (Å²) in [4.78, 5) is 0. The molecule has 0 rings (SSSR count). The molecule has 18 heavy (non-hydrogen) atoms. The van der Waals surface area contributed by atoms with Crippen LogP contribution >= 0.6 is 11.8 Å². The summed E-state index contributed by atoms with van der Waals surface area (Å²) in [6.45, 7) is 6.28. The zero-order valence-corrected chi connectivity index (χ0v) is 13.6. The average Bonchev–Trinajstić information content (AvgIpc) is 2.35. The average molecular weight is 275 g/mol. The Bertz CT molecular complexity index is 159. The molecule has 0 heterocycles. The molecule has 0 aromatic heterocycles. The van der Waals surface area contributed by atoms with Gasteiger partial charge in [-0.15, -0.1) is 0 Å². The minimum absolute atomic E-state index is 0.168. The zero-order valence-electron chi connectivity index (χ0n) is 12.8. The minimum Gasteiger partial charge on any atom is -0.392 e. The normalized spacial score (nSPS) is 14.7. The summed E-state index contributed by atoms with van der Waals surface area (Å²) < 4.78 is 0. The Labute approximate surface area is 119 Å². The molecule has 0 aliphatic rings. The molecule has 0 fully saturated rings. The number of unbranched alkanes of at least 4 members (excludes halogenated alkanes) is 9. The standard InChI is InChI=1S/C16H34OS/c1-4-5-6-7-8-9-10-11-12-13-14-18-16(3)15(2)17/h15-17H,4-14H2,1-3H3. The van der Waals surface area contributed by atoms with Crippen LogP contribution in [0.3, 0.4) is 0 Å². The van der Waals surface area contributed by atoms with Crippen LogP contribution in [-0.2, 0) is 0 Å². The predicted octanol–water partition coefficient (Wildman–Crippen LogP) is 5.41. The third kappa shape index (κ3) is 12.8. The Morgan fingerprint density at radius 3 is 1.67 bits per heavy atom. The fraction of sp³-hybridized carbons (Fsp3) is 1.00. The first-order valence-corrected chi connectivity index (χ1v) is 9.03. The van der Waals surface area contributed by atoms with E-state index in [1.165, 1.54) is 70.0 Å². The molecule has 0 saturated heterocycles. The Morgan fingerprint density at radius 2 is 1.22 bits per heavy atom. The van der Waals surface area contributed by atoms with E-state index >= 15 is 0 Å². The van der Waals surface area contributed by atoms with Gasteiger partial charge in [0.15, 0.2) is 0 Å². The number of thioether (sulfide) groups is 1. The van der Waals surface area contributed by atoms with Crippen LogP contribution in [0, 0.1) is 0 Å². The number of aliphatic hydroxyl groups excluding tert-OH is 1. The lowest BCUT2D eigenvalue weighted by Gasteiger charge is -2.13. The molecule has 0 saturated carbocycles. The first-order chi connectivity index (χ1) is 8.68. The van der Waals surface area contributed by atoms with Gasteiger partial charge in [-0.25, -0.2) is 0 Å². The van der Waals surface area contributed by atoms with Crippen LogP contribution in [0.15, 0.2) is 0 Å². The molecular weight excluding hydrogens is 240 g/mol. The van der Waals surface area contributed by atoms with Gasteiger partial charge in [-0.1, -0.05) is 71.6 Å². The van der Waals surface area contributed by atoms with Gasteiger partial charge in [0, 0.05) is 5.25 Å². The van der Waals surface area contributed by atoms with Crippen LogP contribution in [0.25, 0.3) is 0 Å². The SMILES string of the molecule is CCCCCCCCCCCCSC(C)C(C)O. The molecule has 0 spiro atoms. The summed E-state index contributed by atoms with van der Waals surface area (Å²) in [5, 5.41) is 9.75. The molecule has 110 valence electrons. The molecule has 0 aliphatic carbocycles. The Morgan fingerprint density at radius 1 is 0.778 bits per heavy atom. The van der Waals surface area contributed by atoms with Gasteiger partial charge in [0.05, 0.1) is 6.10 Å². The van der Waals surface area contributed by atoms with E-state index in [1.54, 1.807) is 0 Å². The lowest BCUT2D eigenvalue weighted by Crippen LogP contribution is -2.15. The van der Waals surface area contributed by atoms with E-state index in [-0.39, 0.29) is 6.10 Å². The number of aliphatic hydroxyl groups is 1. The van der Waals surface area contributed by atoms with Crippen molar-refractivity contribution in [3.8, 4) is 0 Å². The smallest absolute Gasteiger partial charge is 0.0627 e. The highest BCUT2D eigenvalue weighted by atomic mass is 32.2. The Balaban J connectivity index is 3.03. The molecule has 0 aromatic carbocycles. The van der Waals surface area contributed by atoms with Crippen LogP contribution in [0.5, 0.6) is 0 Å². The van der Waals surface area contributed by atoms with Gasteiger partial charge in [-0.3, -0.25) is 0 Å². The van der Waals surface area contributed by atoms with Crippen molar-refractivity contribution in [2.24, 2.45) is 0 Å². The molecule has 0 bridgehead atoms. The molecular formula is C16H34OS. The topological polar surface area (TPSA) is 20.2 Å². The molecule has 0 aliphatic heterocycles. The Hall–Kier alpha value is 0.310. The number of hydrogen-bond donors (Lipinski definition) is 1. The fourth-order valence-corrected chi connectivity index (χ4v) is 3.02. The molecule has 1 nitrogen and oxygen atoms in total.